The highest BCUT2D eigenvalue weighted by Crippen LogP contribution is 2.36. The molecule has 0 spiro atoms. The van der Waals surface area contributed by atoms with Crippen LogP contribution in [-0.2, 0) is 12.8 Å². The first-order valence-corrected chi connectivity index (χ1v) is 8.86. The molecule has 2 N–H and O–H groups in total. The number of ether oxygens (including phenoxy) is 2. The quantitative estimate of drug-likeness (QED) is 0.793. The van der Waals surface area contributed by atoms with Gasteiger partial charge in [-0.1, -0.05) is 23.7 Å². The summed E-state index contributed by atoms with van der Waals surface area (Å²) >= 11 is 5.98. The molecule has 2 aromatic carbocycles. The van der Waals surface area contributed by atoms with E-state index in [1.54, 1.807) is 20.3 Å². The molecule has 0 aromatic heterocycles. The van der Waals surface area contributed by atoms with Crippen molar-refractivity contribution >= 4 is 11.6 Å². The Morgan fingerprint density at radius 3 is 2.32 bits per heavy atom. The molecule has 0 amide bonds. The molecule has 1 aliphatic rings. The van der Waals surface area contributed by atoms with Gasteiger partial charge >= 0.3 is 0 Å². The highest BCUT2D eigenvalue weighted by molar-refractivity contribution is 6.30. The number of rotatable bonds is 7. The van der Waals surface area contributed by atoms with Gasteiger partial charge in [0.15, 0.2) is 11.5 Å². The number of aliphatic hydroxyl groups excluding tert-OH is 1. The molecule has 0 unspecified atom stereocenters. The molecule has 0 bridgehead atoms. The number of hydrogen-bond donors (Lipinski definition) is 2. The molecule has 25 heavy (non-hydrogen) atoms. The monoisotopic (exact) mass is 361 g/mol. The van der Waals surface area contributed by atoms with Crippen molar-refractivity contribution < 1.29 is 14.6 Å². The predicted molar refractivity (Wildman–Crippen MR) is 99.7 cm³/mol. The van der Waals surface area contributed by atoms with Crippen molar-refractivity contribution in [1.29, 1.82) is 0 Å². The number of nitrogens with one attached hydrogen (secondary N) is 1. The zero-order chi connectivity index (χ0) is 17.8. The maximum atomic E-state index is 10.3. The lowest BCUT2D eigenvalue weighted by Gasteiger charge is -2.15. The van der Waals surface area contributed by atoms with E-state index in [0.717, 1.165) is 36.4 Å². The second kappa shape index (κ2) is 8.09. The summed E-state index contributed by atoms with van der Waals surface area (Å²) in [6.07, 6.45) is 1.47. The summed E-state index contributed by atoms with van der Waals surface area (Å²) in [4.78, 5) is 0. The second-order valence-electron chi connectivity index (χ2n) is 6.48. The largest absolute Gasteiger partial charge is 0.493 e. The zero-order valence-corrected chi connectivity index (χ0v) is 15.3. The molecule has 3 rings (SSSR count). The number of halogens is 1. The Balaban J connectivity index is 1.53. The van der Waals surface area contributed by atoms with Crippen molar-refractivity contribution in [3.8, 4) is 11.5 Å². The van der Waals surface area contributed by atoms with E-state index in [9.17, 15) is 5.11 Å². The lowest BCUT2D eigenvalue weighted by atomic mass is 10.1. The summed E-state index contributed by atoms with van der Waals surface area (Å²) in [5.74, 6) is 2.08. The normalized spacial score (nSPS) is 15.0. The van der Waals surface area contributed by atoms with Crippen molar-refractivity contribution in [2.24, 2.45) is 5.92 Å². The Kier molecular flexibility index (Phi) is 5.84. The molecular weight excluding hydrogens is 338 g/mol. The molecule has 134 valence electrons. The fourth-order valence-corrected chi connectivity index (χ4v) is 3.64. The maximum absolute atomic E-state index is 10.3. The number of aliphatic hydroxyl groups is 1. The molecule has 5 heteroatoms. The molecule has 2 aromatic rings. The van der Waals surface area contributed by atoms with Crippen LogP contribution >= 0.6 is 11.6 Å². The van der Waals surface area contributed by atoms with Gasteiger partial charge in [-0.3, -0.25) is 0 Å². The van der Waals surface area contributed by atoms with Crippen LogP contribution in [0.4, 0.5) is 0 Å². The van der Waals surface area contributed by atoms with E-state index in [-0.39, 0.29) is 0 Å². The van der Waals surface area contributed by atoms with Gasteiger partial charge in [-0.2, -0.15) is 0 Å². The summed E-state index contributed by atoms with van der Waals surface area (Å²) < 4.78 is 10.8. The van der Waals surface area contributed by atoms with Gasteiger partial charge in [-0.25, -0.2) is 0 Å². The van der Waals surface area contributed by atoms with E-state index in [1.165, 1.54) is 11.1 Å². The lowest BCUT2D eigenvalue weighted by Crippen LogP contribution is -2.27. The van der Waals surface area contributed by atoms with Crippen LogP contribution in [0.25, 0.3) is 0 Å². The van der Waals surface area contributed by atoms with Crippen LogP contribution in [0.3, 0.4) is 0 Å². The van der Waals surface area contributed by atoms with Crippen molar-refractivity contribution in [3.63, 3.8) is 0 Å². The number of fused-ring (bicyclic) bond motifs is 1. The fraction of sp³-hybridized carbons (Fsp3) is 0.400. The Hall–Kier alpha value is -1.75. The van der Waals surface area contributed by atoms with Gasteiger partial charge in [0.25, 0.3) is 0 Å². The van der Waals surface area contributed by atoms with E-state index in [0.29, 0.717) is 17.5 Å². The van der Waals surface area contributed by atoms with Gasteiger partial charge in [-0.15, -0.1) is 0 Å². The van der Waals surface area contributed by atoms with Crippen LogP contribution in [0, 0.1) is 5.92 Å². The molecule has 4 nitrogen and oxygen atoms in total. The maximum Gasteiger partial charge on any atom is 0.161 e. The number of benzene rings is 2. The van der Waals surface area contributed by atoms with E-state index in [2.05, 4.69) is 17.4 Å². The van der Waals surface area contributed by atoms with Gasteiger partial charge in [0.2, 0.25) is 0 Å². The molecule has 0 saturated heterocycles. The van der Waals surface area contributed by atoms with E-state index >= 15 is 0 Å². The zero-order valence-electron chi connectivity index (χ0n) is 14.6. The van der Waals surface area contributed by atoms with Crippen LogP contribution in [0.2, 0.25) is 5.02 Å². The van der Waals surface area contributed by atoms with E-state index < -0.39 is 6.10 Å². The van der Waals surface area contributed by atoms with Gasteiger partial charge < -0.3 is 19.9 Å². The number of methoxy groups -OCH3 is 2. The van der Waals surface area contributed by atoms with Gasteiger partial charge in [0.1, 0.15) is 0 Å². The molecule has 0 fully saturated rings. The van der Waals surface area contributed by atoms with Gasteiger partial charge in [-0.05, 0) is 66.3 Å². The minimum Gasteiger partial charge on any atom is -0.493 e. The summed E-state index contributed by atoms with van der Waals surface area (Å²) in [5.41, 5.74) is 3.48. The predicted octanol–water partition coefficient (Wildman–Crippen LogP) is 3.40. The van der Waals surface area contributed by atoms with Crippen LogP contribution in [0.5, 0.6) is 11.5 Å². The molecule has 1 atom stereocenters. The van der Waals surface area contributed by atoms with Crippen molar-refractivity contribution in [1.82, 2.24) is 5.32 Å². The molecule has 1 aliphatic carbocycles. The molecule has 0 heterocycles. The lowest BCUT2D eigenvalue weighted by molar-refractivity contribution is 0.173. The molecule has 0 saturated carbocycles. The Morgan fingerprint density at radius 2 is 1.76 bits per heavy atom. The van der Waals surface area contributed by atoms with Crippen molar-refractivity contribution in [3.05, 3.63) is 58.1 Å². The van der Waals surface area contributed by atoms with Crippen molar-refractivity contribution in [2.75, 3.05) is 27.3 Å². The molecule has 0 aliphatic heterocycles. The summed E-state index contributed by atoms with van der Waals surface area (Å²) in [5, 5.41) is 14.3. The summed E-state index contributed by atoms with van der Waals surface area (Å²) in [7, 11) is 3.32. The summed E-state index contributed by atoms with van der Waals surface area (Å²) in [6.45, 7) is 1.37. The first-order chi connectivity index (χ1) is 12.1. The third kappa shape index (κ3) is 4.27. The van der Waals surface area contributed by atoms with Crippen molar-refractivity contribution in [2.45, 2.75) is 18.9 Å². The smallest absolute Gasteiger partial charge is 0.161 e. The minimum atomic E-state index is -0.553. The third-order valence-corrected chi connectivity index (χ3v) is 4.96. The Bertz CT molecular complexity index is 702. The van der Waals surface area contributed by atoms with Gasteiger partial charge in [0.05, 0.1) is 20.3 Å². The van der Waals surface area contributed by atoms with Gasteiger partial charge in [0, 0.05) is 11.6 Å². The highest BCUT2D eigenvalue weighted by atomic mass is 35.5. The SMILES string of the molecule is COc1cc2c(cc1OC)CC(CNC[C@H](O)c1cccc(Cl)c1)C2. The average molecular weight is 362 g/mol. The van der Waals surface area contributed by atoms with Crippen LogP contribution in [0.15, 0.2) is 36.4 Å². The van der Waals surface area contributed by atoms with Crippen LogP contribution < -0.4 is 14.8 Å². The first kappa shape index (κ1) is 18.1. The Morgan fingerprint density at radius 1 is 1.12 bits per heavy atom. The fourth-order valence-electron chi connectivity index (χ4n) is 3.44. The third-order valence-electron chi connectivity index (χ3n) is 4.73. The van der Waals surface area contributed by atoms with E-state index in [4.69, 9.17) is 21.1 Å². The molecular formula is C20H24ClNO3. The average Bonchev–Trinajstić information content (AvgIpc) is 3.01. The minimum absolute atomic E-state index is 0.512. The number of hydrogen-bond acceptors (Lipinski definition) is 4. The first-order valence-electron chi connectivity index (χ1n) is 8.48. The molecule has 0 radical (unpaired) electrons. The van der Waals surface area contributed by atoms with Crippen LogP contribution in [-0.4, -0.2) is 32.4 Å². The topological polar surface area (TPSA) is 50.7 Å². The van der Waals surface area contributed by atoms with Crippen LogP contribution in [0.1, 0.15) is 22.8 Å². The van der Waals surface area contributed by atoms with E-state index in [1.807, 2.05) is 18.2 Å². The summed E-state index contributed by atoms with van der Waals surface area (Å²) in [6, 6.07) is 11.5. The highest BCUT2D eigenvalue weighted by Gasteiger charge is 2.24. The standard InChI is InChI=1S/C20H24ClNO3/c1-24-19-9-15-6-13(7-16(15)10-20(19)25-2)11-22-12-18(23)14-4-3-5-17(21)8-14/h3-5,8-10,13,18,22-23H,6-7,11-12H2,1-2H3/t18-/m0/s1. The Labute approximate surface area is 153 Å². The second-order valence-corrected chi connectivity index (χ2v) is 6.92.